The standard InChI is InChI=1S/C16H28NO7P/c1-8-9-11-10-12(14(18)21-5)17(15(19)24-16(2,3)4)13(11)25(20,22-6)23-7/h8,11-13H,1,9-10H2,2-7H3/t11-,12-,13+/m0/s1. The number of carbonyl (C=O) groups excluding carboxylic acids is 2. The fourth-order valence-corrected chi connectivity index (χ4v) is 4.86. The number of esters is 1. The molecule has 25 heavy (non-hydrogen) atoms. The molecule has 0 N–H and O–H groups in total. The van der Waals surface area contributed by atoms with Crippen LogP contribution in [0.25, 0.3) is 0 Å². The molecule has 0 unspecified atom stereocenters. The van der Waals surface area contributed by atoms with Gasteiger partial charge in [-0.15, -0.1) is 6.58 Å². The number of likely N-dealkylation sites (tertiary alicyclic amines) is 1. The molecule has 0 spiro atoms. The molecule has 0 aliphatic carbocycles. The van der Waals surface area contributed by atoms with Crippen LogP contribution in [-0.4, -0.2) is 55.7 Å². The van der Waals surface area contributed by atoms with E-state index in [-0.39, 0.29) is 12.3 Å². The van der Waals surface area contributed by atoms with Crippen LogP contribution in [0.1, 0.15) is 33.6 Å². The summed E-state index contributed by atoms with van der Waals surface area (Å²) in [4.78, 5) is 26.1. The van der Waals surface area contributed by atoms with Crippen LogP contribution in [-0.2, 0) is 27.9 Å². The molecule has 8 nitrogen and oxygen atoms in total. The molecule has 144 valence electrons. The molecule has 1 aliphatic heterocycles. The van der Waals surface area contributed by atoms with Gasteiger partial charge in [0.2, 0.25) is 0 Å². The average molecular weight is 377 g/mol. The van der Waals surface area contributed by atoms with Crippen LogP contribution in [0.2, 0.25) is 0 Å². The predicted molar refractivity (Wildman–Crippen MR) is 92.2 cm³/mol. The molecule has 1 rings (SSSR count). The molecule has 0 radical (unpaired) electrons. The second kappa shape index (κ2) is 8.34. The van der Waals surface area contributed by atoms with Crippen molar-refractivity contribution in [3.8, 4) is 0 Å². The highest BCUT2D eigenvalue weighted by Gasteiger charge is 2.56. The molecule has 1 aliphatic rings. The van der Waals surface area contributed by atoms with Gasteiger partial charge in [-0.1, -0.05) is 6.08 Å². The second-order valence-corrected chi connectivity index (χ2v) is 9.10. The maximum Gasteiger partial charge on any atom is 0.411 e. The molecule has 0 aromatic heterocycles. The lowest BCUT2D eigenvalue weighted by molar-refractivity contribution is -0.145. The van der Waals surface area contributed by atoms with Gasteiger partial charge in [-0.25, -0.2) is 9.59 Å². The van der Waals surface area contributed by atoms with Gasteiger partial charge in [0.15, 0.2) is 0 Å². The van der Waals surface area contributed by atoms with Crippen LogP contribution < -0.4 is 0 Å². The highest BCUT2D eigenvalue weighted by molar-refractivity contribution is 7.54. The summed E-state index contributed by atoms with van der Waals surface area (Å²) in [7, 11) is 0.0137. The molecular formula is C16H28NO7P. The average Bonchev–Trinajstić information content (AvgIpc) is 2.92. The minimum Gasteiger partial charge on any atom is -0.467 e. The highest BCUT2D eigenvalue weighted by Crippen LogP contribution is 2.60. The predicted octanol–water partition coefficient (Wildman–Crippen LogP) is 3.17. The van der Waals surface area contributed by atoms with Gasteiger partial charge in [0.1, 0.15) is 17.4 Å². The Kier molecular flexibility index (Phi) is 7.23. The second-order valence-electron chi connectivity index (χ2n) is 6.77. The Balaban J connectivity index is 3.40. The first-order valence-corrected chi connectivity index (χ1v) is 9.57. The third-order valence-electron chi connectivity index (χ3n) is 3.95. The van der Waals surface area contributed by atoms with E-state index >= 15 is 0 Å². The van der Waals surface area contributed by atoms with Gasteiger partial charge in [-0.3, -0.25) is 9.46 Å². The van der Waals surface area contributed by atoms with Crippen molar-refractivity contribution in [1.29, 1.82) is 0 Å². The van der Waals surface area contributed by atoms with Crippen molar-refractivity contribution in [2.45, 2.75) is 51.0 Å². The van der Waals surface area contributed by atoms with E-state index < -0.39 is 37.1 Å². The molecule has 1 amide bonds. The van der Waals surface area contributed by atoms with Crippen LogP contribution >= 0.6 is 7.60 Å². The van der Waals surface area contributed by atoms with Crippen LogP contribution in [0.15, 0.2) is 12.7 Å². The van der Waals surface area contributed by atoms with Gasteiger partial charge in [0.25, 0.3) is 0 Å². The first kappa shape index (κ1) is 21.7. The number of hydrogen-bond acceptors (Lipinski definition) is 7. The minimum atomic E-state index is -3.71. The van der Waals surface area contributed by atoms with E-state index in [0.717, 1.165) is 4.90 Å². The lowest BCUT2D eigenvalue weighted by Gasteiger charge is -2.34. The largest absolute Gasteiger partial charge is 0.467 e. The zero-order chi connectivity index (χ0) is 19.4. The number of amides is 1. The van der Waals surface area contributed by atoms with Crippen LogP contribution in [0.3, 0.4) is 0 Å². The molecule has 0 saturated carbocycles. The topological polar surface area (TPSA) is 91.4 Å². The summed E-state index contributed by atoms with van der Waals surface area (Å²) >= 11 is 0. The summed E-state index contributed by atoms with van der Waals surface area (Å²) in [5, 5.41) is 0. The van der Waals surface area contributed by atoms with Crippen molar-refractivity contribution in [2.24, 2.45) is 5.92 Å². The van der Waals surface area contributed by atoms with Gasteiger partial charge in [-0.2, -0.15) is 0 Å². The summed E-state index contributed by atoms with van der Waals surface area (Å²) < 4.78 is 33.6. The quantitative estimate of drug-likeness (QED) is 0.399. The molecule has 0 aromatic rings. The summed E-state index contributed by atoms with van der Waals surface area (Å²) in [5.74, 6) is -1.93. The first-order chi connectivity index (χ1) is 11.5. The number of nitrogens with zero attached hydrogens (tertiary/aromatic N) is 1. The fraction of sp³-hybridized carbons (Fsp3) is 0.750. The summed E-state index contributed by atoms with van der Waals surface area (Å²) in [6.07, 6.45) is 1.54. The normalized spacial score (nSPS) is 24.1. The molecule has 3 atom stereocenters. The van der Waals surface area contributed by atoms with Crippen LogP contribution in [0.5, 0.6) is 0 Å². The Morgan fingerprint density at radius 3 is 2.20 bits per heavy atom. The molecule has 1 fully saturated rings. The SMILES string of the molecule is C=CC[C@H]1C[C@@H](C(=O)OC)N(C(=O)OC(C)(C)C)[C@@H]1P(=O)(OC)OC. The van der Waals surface area contributed by atoms with Crippen LogP contribution in [0.4, 0.5) is 4.79 Å². The number of hydrogen-bond donors (Lipinski definition) is 0. The molecule has 1 heterocycles. The van der Waals surface area contributed by atoms with E-state index in [1.807, 2.05) is 0 Å². The lowest BCUT2D eigenvalue weighted by atomic mass is 10.0. The zero-order valence-corrected chi connectivity index (χ0v) is 16.6. The Hall–Kier alpha value is -1.37. The Morgan fingerprint density at radius 2 is 1.80 bits per heavy atom. The van der Waals surface area contributed by atoms with Crippen molar-refractivity contribution < 1.29 is 32.7 Å². The lowest BCUT2D eigenvalue weighted by Crippen LogP contribution is -2.48. The van der Waals surface area contributed by atoms with E-state index in [1.165, 1.54) is 21.3 Å². The molecule has 0 aromatic carbocycles. The van der Waals surface area contributed by atoms with Crippen LogP contribution in [0, 0.1) is 5.92 Å². The summed E-state index contributed by atoms with van der Waals surface area (Å²) in [6.45, 7) is 8.80. The van der Waals surface area contributed by atoms with Crippen molar-refractivity contribution in [3.05, 3.63) is 12.7 Å². The van der Waals surface area contributed by atoms with Gasteiger partial charge < -0.3 is 18.5 Å². The number of rotatable bonds is 6. The summed E-state index contributed by atoms with van der Waals surface area (Å²) in [5.41, 5.74) is -0.789. The van der Waals surface area contributed by atoms with Gasteiger partial charge in [-0.05, 0) is 39.5 Å². The summed E-state index contributed by atoms with van der Waals surface area (Å²) in [6, 6.07) is -0.937. The zero-order valence-electron chi connectivity index (χ0n) is 15.7. The maximum absolute atomic E-state index is 13.1. The monoisotopic (exact) mass is 377 g/mol. The number of methoxy groups -OCH3 is 1. The van der Waals surface area contributed by atoms with Gasteiger partial charge in [0.05, 0.1) is 7.11 Å². The Bertz CT molecular complexity index is 549. The number of carbonyl (C=O) groups is 2. The first-order valence-electron chi connectivity index (χ1n) is 7.95. The molecule has 1 saturated heterocycles. The Labute approximate surface area is 149 Å². The smallest absolute Gasteiger partial charge is 0.411 e. The van der Waals surface area contributed by atoms with Gasteiger partial charge in [0, 0.05) is 14.2 Å². The maximum atomic E-state index is 13.1. The molecule has 9 heteroatoms. The van der Waals surface area contributed by atoms with Crippen molar-refractivity contribution in [2.75, 3.05) is 21.3 Å². The number of allylic oxidation sites excluding steroid dienone is 1. The van der Waals surface area contributed by atoms with E-state index in [2.05, 4.69) is 6.58 Å². The van der Waals surface area contributed by atoms with Gasteiger partial charge >= 0.3 is 19.7 Å². The molecule has 0 bridgehead atoms. The van der Waals surface area contributed by atoms with E-state index in [4.69, 9.17) is 18.5 Å². The van der Waals surface area contributed by atoms with E-state index in [1.54, 1.807) is 26.8 Å². The third kappa shape index (κ3) is 4.84. The fourth-order valence-electron chi connectivity index (χ4n) is 2.96. The van der Waals surface area contributed by atoms with Crippen molar-refractivity contribution in [3.63, 3.8) is 0 Å². The molecular weight excluding hydrogens is 349 g/mol. The Morgan fingerprint density at radius 1 is 1.24 bits per heavy atom. The third-order valence-corrected chi connectivity index (χ3v) is 6.28. The minimum absolute atomic E-state index is 0.249. The highest BCUT2D eigenvalue weighted by atomic mass is 31.2. The number of ether oxygens (including phenoxy) is 2. The van der Waals surface area contributed by atoms with Crippen molar-refractivity contribution >= 4 is 19.7 Å². The van der Waals surface area contributed by atoms with E-state index in [0.29, 0.717) is 6.42 Å². The van der Waals surface area contributed by atoms with E-state index in [9.17, 15) is 14.2 Å². The van der Waals surface area contributed by atoms with Crippen molar-refractivity contribution in [1.82, 2.24) is 4.90 Å².